The van der Waals surface area contributed by atoms with Crippen molar-refractivity contribution in [2.24, 2.45) is 0 Å². The fraction of sp³-hybridized carbons (Fsp3) is 0.318. The first kappa shape index (κ1) is 19.1. The van der Waals surface area contributed by atoms with Crippen molar-refractivity contribution in [2.45, 2.75) is 18.9 Å². The lowest BCUT2D eigenvalue weighted by Crippen LogP contribution is -2.50. The van der Waals surface area contributed by atoms with E-state index in [1.165, 1.54) is 12.1 Å². The van der Waals surface area contributed by atoms with Crippen LogP contribution in [0.25, 0.3) is 0 Å². The van der Waals surface area contributed by atoms with Crippen LogP contribution in [0.15, 0.2) is 42.5 Å². The summed E-state index contributed by atoms with van der Waals surface area (Å²) in [7, 11) is 0. The Bertz CT molecular complexity index is 975. The molecule has 0 saturated carbocycles. The van der Waals surface area contributed by atoms with Crippen LogP contribution >= 0.6 is 0 Å². The highest BCUT2D eigenvalue weighted by molar-refractivity contribution is 6.01. The van der Waals surface area contributed by atoms with Crippen LogP contribution < -0.4 is 5.32 Å². The van der Waals surface area contributed by atoms with Gasteiger partial charge >= 0.3 is 0 Å². The maximum Gasteiger partial charge on any atom is 0.230 e. The number of nitrogens with one attached hydrogen (secondary N) is 1. The average Bonchev–Trinajstić information content (AvgIpc) is 2.73. The van der Waals surface area contributed by atoms with Gasteiger partial charge in [-0.15, -0.1) is 0 Å². The molecular formula is C22H21FN4O2. The van der Waals surface area contributed by atoms with Gasteiger partial charge in [-0.3, -0.25) is 14.5 Å². The van der Waals surface area contributed by atoms with Crippen molar-refractivity contribution in [1.29, 1.82) is 5.26 Å². The van der Waals surface area contributed by atoms with Gasteiger partial charge in [0.05, 0.1) is 17.6 Å². The summed E-state index contributed by atoms with van der Waals surface area (Å²) in [6.07, 6.45) is 0.0862. The van der Waals surface area contributed by atoms with E-state index in [4.69, 9.17) is 5.26 Å². The van der Waals surface area contributed by atoms with E-state index in [2.05, 4.69) is 16.3 Å². The zero-order valence-corrected chi connectivity index (χ0v) is 15.9. The molecule has 29 heavy (non-hydrogen) atoms. The number of carbonyl (C=O) groups excluding carboxylic acids is 2. The second-order valence-electron chi connectivity index (χ2n) is 7.45. The normalized spacial score (nSPS) is 19.2. The molecule has 2 aromatic carbocycles. The lowest BCUT2D eigenvalue weighted by molar-refractivity contribution is -0.136. The summed E-state index contributed by atoms with van der Waals surface area (Å²) >= 11 is 0. The number of anilines is 1. The van der Waals surface area contributed by atoms with Crippen molar-refractivity contribution >= 4 is 17.5 Å². The Kier molecular flexibility index (Phi) is 5.28. The smallest absolute Gasteiger partial charge is 0.230 e. The first-order valence-electron chi connectivity index (χ1n) is 9.63. The van der Waals surface area contributed by atoms with Crippen LogP contribution in [0, 0.1) is 17.1 Å². The van der Waals surface area contributed by atoms with E-state index >= 15 is 0 Å². The van der Waals surface area contributed by atoms with Crippen LogP contribution in [0.3, 0.4) is 0 Å². The van der Waals surface area contributed by atoms with Crippen molar-refractivity contribution < 1.29 is 14.0 Å². The van der Waals surface area contributed by atoms with Crippen molar-refractivity contribution in [3.63, 3.8) is 0 Å². The Labute approximate surface area is 168 Å². The largest absolute Gasteiger partial charge is 0.340 e. The highest BCUT2D eigenvalue weighted by Crippen LogP contribution is 2.34. The topological polar surface area (TPSA) is 76.4 Å². The molecule has 1 atom stereocenters. The molecule has 0 spiro atoms. The van der Waals surface area contributed by atoms with Gasteiger partial charge in [-0.2, -0.15) is 5.26 Å². The quantitative estimate of drug-likeness (QED) is 0.871. The Balaban J connectivity index is 1.39. The third-order valence-corrected chi connectivity index (χ3v) is 5.53. The Morgan fingerprint density at radius 3 is 2.55 bits per heavy atom. The molecule has 0 aliphatic carbocycles. The van der Waals surface area contributed by atoms with Crippen LogP contribution in [0.1, 0.15) is 29.0 Å². The number of hydrogen-bond donors (Lipinski definition) is 1. The summed E-state index contributed by atoms with van der Waals surface area (Å²) in [6, 6.07) is 13.8. The highest BCUT2D eigenvalue weighted by Gasteiger charge is 2.34. The first-order valence-corrected chi connectivity index (χ1v) is 9.63. The minimum atomic E-state index is -0.565. The van der Waals surface area contributed by atoms with Crippen molar-refractivity contribution in [2.75, 3.05) is 31.5 Å². The van der Waals surface area contributed by atoms with E-state index in [1.807, 2.05) is 24.3 Å². The third-order valence-electron chi connectivity index (χ3n) is 5.53. The van der Waals surface area contributed by atoms with Crippen molar-refractivity contribution in [3.05, 3.63) is 65.0 Å². The number of benzene rings is 2. The summed E-state index contributed by atoms with van der Waals surface area (Å²) in [5.41, 5.74) is 2.83. The zero-order chi connectivity index (χ0) is 20.4. The number of hydrogen-bond acceptors (Lipinski definition) is 4. The molecule has 4 rings (SSSR count). The Morgan fingerprint density at radius 2 is 1.86 bits per heavy atom. The van der Waals surface area contributed by atoms with Crippen LogP contribution in [-0.4, -0.2) is 47.8 Å². The predicted octanol–water partition coefficient (Wildman–Crippen LogP) is 2.47. The van der Waals surface area contributed by atoms with Gasteiger partial charge in [0.1, 0.15) is 5.82 Å². The number of nitriles is 1. The fourth-order valence-electron chi connectivity index (χ4n) is 3.95. The maximum absolute atomic E-state index is 13.5. The van der Waals surface area contributed by atoms with Gasteiger partial charge in [0.2, 0.25) is 11.8 Å². The molecule has 0 radical (unpaired) electrons. The van der Waals surface area contributed by atoms with E-state index < -0.39 is 11.7 Å². The van der Waals surface area contributed by atoms with Gasteiger partial charge in [-0.1, -0.05) is 18.2 Å². The predicted molar refractivity (Wildman–Crippen MR) is 105 cm³/mol. The number of piperazine rings is 1. The number of fused-ring (bicyclic) bond motifs is 1. The lowest BCUT2D eigenvalue weighted by atomic mass is 9.89. The standard InChI is InChI=1S/C22H21FN4O2/c23-17-5-6-18-19(12-21(28)25-20(18)11-17)22(29)27-9-7-26(8-10-27)14-16-3-1-15(13-24)2-4-16/h1-6,11,19H,7-10,12,14H2,(H,25,28). The molecule has 7 heteroatoms. The van der Waals surface area contributed by atoms with Crippen LogP contribution in [0.2, 0.25) is 0 Å². The molecule has 1 fully saturated rings. The minimum absolute atomic E-state index is 0.0780. The summed E-state index contributed by atoms with van der Waals surface area (Å²) in [5, 5.41) is 11.5. The minimum Gasteiger partial charge on any atom is -0.340 e. The Hall–Kier alpha value is -3.24. The molecule has 0 aromatic heterocycles. The summed E-state index contributed by atoms with van der Waals surface area (Å²) < 4.78 is 13.5. The average molecular weight is 392 g/mol. The molecule has 0 bridgehead atoms. The first-order chi connectivity index (χ1) is 14.0. The van der Waals surface area contributed by atoms with Gasteiger partial charge in [-0.25, -0.2) is 4.39 Å². The molecule has 1 N–H and O–H groups in total. The van der Waals surface area contributed by atoms with E-state index in [0.29, 0.717) is 29.9 Å². The maximum atomic E-state index is 13.5. The van der Waals surface area contributed by atoms with Crippen LogP contribution in [0.4, 0.5) is 10.1 Å². The molecule has 1 unspecified atom stereocenters. The van der Waals surface area contributed by atoms with E-state index in [1.54, 1.807) is 11.0 Å². The molecule has 2 aliphatic rings. The second kappa shape index (κ2) is 8.02. The van der Waals surface area contributed by atoms with E-state index in [-0.39, 0.29) is 18.2 Å². The summed E-state index contributed by atoms with van der Waals surface area (Å²) in [5.74, 6) is -1.34. The molecule has 1 saturated heterocycles. The highest BCUT2D eigenvalue weighted by atomic mass is 19.1. The van der Waals surface area contributed by atoms with Crippen LogP contribution in [-0.2, 0) is 16.1 Å². The Morgan fingerprint density at radius 1 is 1.14 bits per heavy atom. The number of nitrogens with zero attached hydrogens (tertiary/aromatic N) is 3. The second-order valence-corrected chi connectivity index (χ2v) is 7.45. The van der Waals surface area contributed by atoms with Gasteiger partial charge in [-0.05, 0) is 35.4 Å². The summed E-state index contributed by atoms with van der Waals surface area (Å²) in [4.78, 5) is 29.2. The number of halogens is 1. The van der Waals surface area contributed by atoms with E-state index in [0.717, 1.165) is 25.2 Å². The van der Waals surface area contributed by atoms with Crippen molar-refractivity contribution in [1.82, 2.24) is 9.80 Å². The third kappa shape index (κ3) is 4.13. The lowest BCUT2D eigenvalue weighted by Gasteiger charge is -2.37. The van der Waals surface area contributed by atoms with E-state index in [9.17, 15) is 14.0 Å². The summed E-state index contributed by atoms with van der Waals surface area (Å²) in [6.45, 7) is 3.41. The molecule has 2 amide bonds. The number of carbonyl (C=O) groups is 2. The van der Waals surface area contributed by atoms with Crippen molar-refractivity contribution in [3.8, 4) is 6.07 Å². The molecule has 6 nitrogen and oxygen atoms in total. The number of rotatable bonds is 3. The number of amides is 2. The van der Waals surface area contributed by atoms with Gasteiger partial charge in [0.25, 0.3) is 0 Å². The molecular weight excluding hydrogens is 371 g/mol. The monoisotopic (exact) mass is 392 g/mol. The SMILES string of the molecule is N#Cc1ccc(CN2CCN(C(=O)C3CC(=O)Nc4cc(F)ccc43)CC2)cc1. The van der Waals surface area contributed by atoms with Crippen LogP contribution in [0.5, 0.6) is 0 Å². The molecule has 2 heterocycles. The van der Waals surface area contributed by atoms with Gasteiger partial charge < -0.3 is 10.2 Å². The van der Waals surface area contributed by atoms with Gasteiger partial charge in [0.15, 0.2) is 0 Å². The molecule has 2 aromatic rings. The fourth-order valence-corrected chi connectivity index (χ4v) is 3.95. The molecule has 148 valence electrons. The zero-order valence-electron chi connectivity index (χ0n) is 15.9. The van der Waals surface area contributed by atoms with Gasteiger partial charge in [0, 0.05) is 44.8 Å². The molecule has 2 aliphatic heterocycles.